The van der Waals surface area contributed by atoms with Gasteiger partial charge in [-0.25, -0.2) is 4.79 Å². The van der Waals surface area contributed by atoms with Gasteiger partial charge in [0.25, 0.3) is 0 Å². The molecule has 4 rings (SSSR count). The quantitative estimate of drug-likeness (QED) is 0.845. The number of halogens is 3. The molecule has 0 unspecified atom stereocenters. The van der Waals surface area contributed by atoms with E-state index in [1.165, 1.54) is 12.0 Å². The van der Waals surface area contributed by atoms with E-state index in [4.69, 9.17) is 9.90 Å². The van der Waals surface area contributed by atoms with Crippen molar-refractivity contribution in [2.24, 2.45) is 17.8 Å². The number of amides is 1. The van der Waals surface area contributed by atoms with Crippen molar-refractivity contribution in [3.05, 3.63) is 30.1 Å². The summed E-state index contributed by atoms with van der Waals surface area (Å²) in [5.74, 6) is -0.589. The van der Waals surface area contributed by atoms with Crippen LogP contribution in [0.3, 0.4) is 0 Å². The van der Waals surface area contributed by atoms with Crippen molar-refractivity contribution in [1.29, 1.82) is 0 Å². The maximum atomic E-state index is 12.3. The van der Waals surface area contributed by atoms with Crippen LogP contribution >= 0.6 is 0 Å². The van der Waals surface area contributed by atoms with Crippen molar-refractivity contribution in [3.8, 4) is 0 Å². The molecule has 1 aliphatic carbocycles. The van der Waals surface area contributed by atoms with Crippen LogP contribution in [0, 0.1) is 17.8 Å². The van der Waals surface area contributed by atoms with Gasteiger partial charge >= 0.3 is 12.1 Å². The molecule has 2 atom stereocenters. The van der Waals surface area contributed by atoms with E-state index in [1.807, 2.05) is 18.5 Å². The molecule has 1 N–H and O–H groups in total. The summed E-state index contributed by atoms with van der Waals surface area (Å²) < 4.78 is 31.7. The first-order chi connectivity index (χ1) is 13.2. The number of carboxylic acids is 1. The van der Waals surface area contributed by atoms with E-state index in [2.05, 4.69) is 20.9 Å². The zero-order valence-electron chi connectivity index (χ0n) is 15.4. The summed E-state index contributed by atoms with van der Waals surface area (Å²) in [5, 5.41) is 7.12. The number of hydrogen-bond donors (Lipinski definition) is 1. The first-order valence-electron chi connectivity index (χ1n) is 9.44. The number of pyridine rings is 1. The van der Waals surface area contributed by atoms with Gasteiger partial charge in [-0.15, -0.1) is 0 Å². The van der Waals surface area contributed by atoms with Gasteiger partial charge in [0.15, 0.2) is 0 Å². The van der Waals surface area contributed by atoms with E-state index in [9.17, 15) is 18.0 Å². The van der Waals surface area contributed by atoms with Crippen LogP contribution in [0.4, 0.5) is 13.2 Å². The van der Waals surface area contributed by atoms with Crippen LogP contribution < -0.4 is 0 Å². The molecule has 6 nitrogen and oxygen atoms in total. The number of aliphatic carboxylic acids is 1. The van der Waals surface area contributed by atoms with Crippen LogP contribution in [0.2, 0.25) is 0 Å². The number of fused-ring (bicyclic) bond motifs is 1. The van der Waals surface area contributed by atoms with E-state index in [1.54, 1.807) is 0 Å². The zero-order valence-corrected chi connectivity index (χ0v) is 15.4. The Morgan fingerprint density at radius 2 is 1.75 bits per heavy atom. The van der Waals surface area contributed by atoms with E-state index in [-0.39, 0.29) is 0 Å². The van der Waals surface area contributed by atoms with Gasteiger partial charge in [-0.05, 0) is 36.3 Å². The lowest BCUT2D eigenvalue weighted by Gasteiger charge is -2.30. The Kier molecular flexibility index (Phi) is 6.22. The fraction of sp³-hybridized carbons (Fsp3) is 0.632. The minimum absolute atomic E-state index is 0.357. The molecule has 0 radical (unpaired) electrons. The van der Waals surface area contributed by atoms with Crippen LogP contribution in [-0.2, 0) is 16.1 Å². The van der Waals surface area contributed by atoms with Crippen molar-refractivity contribution in [3.63, 3.8) is 0 Å². The average Bonchev–Trinajstić information content (AvgIpc) is 3.12. The summed E-state index contributed by atoms with van der Waals surface area (Å²) in [7, 11) is 0. The third-order valence-electron chi connectivity index (χ3n) is 5.70. The molecule has 1 saturated carbocycles. The highest BCUT2D eigenvalue weighted by molar-refractivity contribution is 5.80. The van der Waals surface area contributed by atoms with Crippen LogP contribution in [0.1, 0.15) is 24.8 Å². The van der Waals surface area contributed by atoms with Gasteiger partial charge in [0.1, 0.15) is 0 Å². The summed E-state index contributed by atoms with van der Waals surface area (Å²) in [6, 6.07) is 4.15. The Labute approximate surface area is 161 Å². The van der Waals surface area contributed by atoms with Gasteiger partial charge in [-0.2, -0.15) is 13.2 Å². The third-order valence-corrected chi connectivity index (χ3v) is 5.70. The van der Waals surface area contributed by atoms with Gasteiger partial charge in [0, 0.05) is 51.0 Å². The van der Waals surface area contributed by atoms with Crippen molar-refractivity contribution in [2.45, 2.75) is 32.0 Å². The number of carbonyl (C=O) groups excluding carboxylic acids is 1. The Bertz CT molecular complexity index is 681. The summed E-state index contributed by atoms with van der Waals surface area (Å²) in [5.41, 5.74) is 1.29. The van der Waals surface area contributed by atoms with Crippen LogP contribution in [0.25, 0.3) is 0 Å². The maximum Gasteiger partial charge on any atom is 0.490 e. The summed E-state index contributed by atoms with van der Waals surface area (Å²) in [6.07, 6.45) is 2.19. The second-order valence-corrected chi connectivity index (χ2v) is 7.75. The number of carbonyl (C=O) groups is 2. The molecule has 1 aromatic rings. The summed E-state index contributed by atoms with van der Waals surface area (Å²) in [6.45, 7) is 5.24. The summed E-state index contributed by atoms with van der Waals surface area (Å²) >= 11 is 0. The van der Waals surface area contributed by atoms with Crippen LogP contribution in [-0.4, -0.2) is 64.1 Å². The van der Waals surface area contributed by atoms with E-state index >= 15 is 0 Å². The molecule has 0 spiro atoms. The van der Waals surface area contributed by atoms with Crippen molar-refractivity contribution in [2.75, 3.05) is 26.2 Å². The molecule has 154 valence electrons. The van der Waals surface area contributed by atoms with Crippen molar-refractivity contribution < 1.29 is 27.9 Å². The minimum Gasteiger partial charge on any atom is -0.475 e. The Morgan fingerprint density at radius 1 is 1.14 bits per heavy atom. The third kappa shape index (κ3) is 5.01. The fourth-order valence-electron chi connectivity index (χ4n) is 4.06. The van der Waals surface area contributed by atoms with Crippen molar-refractivity contribution in [1.82, 2.24) is 14.8 Å². The normalized spacial score (nSPS) is 24.9. The monoisotopic (exact) mass is 399 g/mol. The number of hydrogen-bond acceptors (Lipinski definition) is 4. The Morgan fingerprint density at radius 3 is 2.18 bits per heavy atom. The topological polar surface area (TPSA) is 73.7 Å². The molecule has 0 aromatic carbocycles. The number of carboxylic acid groups (broad SMARTS) is 1. The average molecular weight is 399 g/mol. The zero-order chi connectivity index (χ0) is 20.3. The number of aromatic nitrogens is 1. The number of alkyl halides is 3. The lowest BCUT2D eigenvalue weighted by atomic mass is 9.84. The predicted octanol–water partition coefficient (Wildman–Crippen LogP) is 2.41. The van der Waals surface area contributed by atoms with E-state index < -0.39 is 12.1 Å². The minimum atomic E-state index is -5.08. The predicted molar refractivity (Wildman–Crippen MR) is 94.1 cm³/mol. The molecule has 3 heterocycles. The van der Waals surface area contributed by atoms with Gasteiger partial charge < -0.3 is 10.0 Å². The number of likely N-dealkylation sites (tertiary alicyclic amines) is 2. The van der Waals surface area contributed by atoms with Crippen molar-refractivity contribution >= 4 is 11.9 Å². The molecule has 0 bridgehead atoms. The molecular formula is C19H24F3N3O3. The Hall–Kier alpha value is -2.16. The second-order valence-electron chi connectivity index (χ2n) is 7.75. The highest BCUT2D eigenvalue weighted by Crippen LogP contribution is 2.35. The molecule has 2 saturated heterocycles. The van der Waals surface area contributed by atoms with E-state index in [0.29, 0.717) is 23.7 Å². The summed E-state index contributed by atoms with van der Waals surface area (Å²) in [4.78, 5) is 30.1. The number of rotatable bonds is 3. The molecular weight excluding hydrogens is 375 g/mol. The molecule has 9 heteroatoms. The van der Waals surface area contributed by atoms with E-state index in [0.717, 1.165) is 45.6 Å². The fourth-order valence-corrected chi connectivity index (χ4v) is 4.06. The SMILES string of the molecule is O=C(C1CCC1)N1C[C@H]2CN(Cc3cccnc3)C[C@H]2C1.O=C(O)C(F)(F)F. The molecule has 2 aliphatic heterocycles. The molecule has 3 aliphatic rings. The first-order valence-corrected chi connectivity index (χ1v) is 9.44. The molecule has 1 aromatic heterocycles. The largest absolute Gasteiger partial charge is 0.490 e. The lowest BCUT2D eigenvalue weighted by Crippen LogP contribution is -2.39. The number of nitrogens with zero attached hydrogens (tertiary/aromatic N) is 3. The second kappa shape index (κ2) is 8.46. The van der Waals surface area contributed by atoms with Gasteiger partial charge in [-0.1, -0.05) is 12.5 Å². The van der Waals surface area contributed by atoms with Gasteiger partial charge in [0.2, 0.25) is 5.91 Å². The lowest BCUT2D eigenvalue weighted by molar-refractivity contribution is -0.192. The van der Waals surface area contributed by atoms with Crippen LogP contribution in [0.15, 0.2) is 24.5 Å². The highest BCUT2D eigenvalue weighted by Gasteiger charge is 2.43. The van der Waals surface area contributed by atoms with Gasteiger partial charge in [0.05, 0.1) is 0 Å². The maximum absolute atomic E-state index is 12.3. The standard InChI is InChI=1S/C17H23N3O.C2HF3O2/c21-17(14-4-1-5-14)20-11-15-9-19(10-16(15)12-20)8-13-3-2-6-18-7-13;3-2(4,5)1(6)7/h2-3,6-7,14-16H,1,4-5,8-12H2;(H,6,7)/t15-,16+;. The highest BCUT2D eigenvalue weighted by atomic mass is 19.4. The molecule has 1 amide bonds. The molecule has 3 fully saturated rings. The first kappa shape index (κ1) is 20.6. The Balaban J connectivity index is 0.000000279. The smallest absolute Gasteiger partial charge is 0.475 e. The molecule has 28 heavy (non-hydrogen) atoms. The van der Waals surface area contributed by atoms with Gasteiger partial charge in [-0.3, -0.25) is 14.7 Å². The van der Waals surface area contributed by atoms with Crippen LogP contribution in [0.5, 0.6) is 0 Å².